The molecular formula is C16H9Cl2N3O5. The van der Waals surface area contributed by atoms with Crippen molar-refractivity contribution in [1.82, 2.24) is 10.1 Å². The van der Waals surface area contributed by atoms with Gasteiger partial charge in [-0.25, -0.2) is 4.79 Å². The van der Waals surface area contributed by atoms with Crippen LogP contribution in [0.1, 0.15) is 16.2 Å². The van der Waals surface area contributed by atoms with Crippen LogP contribution in [0.15, 0.2) is 47.0 Å². The lowest BCUT2D eigenvalue weighted by atomic mass is 10.2. The van der Waals surface area contributed by atoms with Gasteiger partial charge in [-0.2, -0.15) is 4.98 Å². The van der Waals surface area contributed by atoms with Crippen LogP contribution in [-0.2, 0) is 11.3 Å². The van der Waals surface area contributed by atoms with Gasteiger partial charge in [-0.05, 0) is 36.4 Å². The molecule has 0 aliphatic carbocycles. The molecule has 0 aliphatic rings. The fourth-order valence-electron chi connectivity index (χ4n) is 2.06. The number of halogens is 2. The van der Waals surface area contributed by atoms with E-state index in [-0.39, 0.29) is 23.1 Å². The van der Waals surface area contributed by atoms with Crippen molar-refractivity contribution in [2.75, 3.05) is 0 Å². The molecule has 0 unspecified atom stereocenters. The first kappa shape index (κ1) is 17.8. The normalized spacial score (nSPS) is 10.5. The van der Waals surface area contributed by atoms with E-state index in [9.17, 15) is 14.9 Å². The van der Waals surface area contributed by atoms with Crippen LogP contribution >= 0.6 is 23.2 Å². The summed E-state index contributed by atoms with van der Waals surface area (Å²) >= 11 is 11.5. The predicted octanol–water partition coefficient (Wildman–Crippen LogP) is 4.31. The molecule has 3 rings (SSSR count). The molecule has 0 saturated heterocycles. The van der Waals surface area contributed by atoms with E-state index in [0.717, 1.165) is 6.07 Å². The summed E-state index contributed by atoms with van der Waals surface area (Å²) < 4.78 is 10.0. The molecular weight excluding hydrogens is 385 g/mol. The van der Waals surface area contributed by atoms with Crippen LogP contribution in [0, 0.1) is 10.1 Å². The number of esters is 1. The number of aromatic nitrogens is 2. The second kappa shape index (κ2) is 7.51. The number of benzene rings is 2. The number of nitro benzene ring substituents is 1. The summed E-state index contributed by atoms with van der Waals surface area (Å²) in [5, 5.41) is 15.5. The Morgan fingerprint density at radius 2 is 1.85 bits per heavy atom. The summed E-state index contributed by atoms with van der Waals surface area (Å²) in [6.07, 6.45) is 0. The Morgan fingerprint density at radius 3 is 2.54 bits per heavy atom. The van der Waals surface area contributed by atoms with Crippen molar-refractivity contribution in [2.45, 2.75) is 6.61 Å². The average Bonchev–Trinajstić information content (AvgIpc) is 3.09. The van der Waals surface area contributed by atoms with Crippen LogP contribution in [0.2, 0.25) is 10.0 Å². The minimum atomic E-state index is -0.903. The molecule has 1 aromatic heterocycles. The number of ether oxygens (including phenoxy) is 1. The van der Waals surface area contributed by atoms with Crippen molar-refractivity contribution in [3.8, 4) is 11.4 Å². The summed E-state index contributed by atoms with van der Waals surface area (Å²) in [4.78, 5) is 26.5. The zero-order valence-electron chi connectivity index (χ0n) is 12.9. The molecule has 0 spiro atoms. The monoisotopic (exact) mass is 393 g/mol. The molecule has 26 heavy (non-hydrogen) atoms. The van der Waals surface area contributed by atoms with Crippen LogP contribution in [-0.4, -0.2) is 21.0 Å². The first-order valence-corrected chi connectivity index (χ1v) is 7.89. The molecule has 0 radical (unpaired) electrons. The van der Waals surface area contributed by atoms with Crippen LogP contribution in [0.25, 0.3) is 11.4 Å². The second-order valence-corrected chi connectivity index (χ2v) is 5.89. The number of hydrogen-bond donors (Lipinski definition) is 0. The first-order valence-electron chi connectivity index (χ1n) is 7.13. The Hall–Kier alpha value is -2.97. The van der Waals surface area contributed by atoms with Crippen molar-refractivity contribution < 1.29 is 19.0 Å². The van der Waals surface area contributed by atoms with Gasteiger partial charge < -0.3 is 9.26 Å². The van der Waals surface area contributed by atoms with Crippen molar-refractivity contribution >= 4 is 34.9 Å². The van der Waals surface area contributed by atoms with Crippen molar-refractivity contribution in [3.05, 3.63) is 74.1 Å². The molecule has 0 amide bonds. The number of rotatable bonds is 5. The number of nitro groups is 1. The lowest BCUT2D eigenvalue weighted by Crippen LogP contribution is -2.08. The Morgan fingerprint density at radius 1 is 1.15 bits per heavy atom. The Kier molecular flexibility index (Phi) is 5.15. The van der Waals surface area contributed by atoms with E-state index in [1.54, 1.807) is 24.3 Å². The molecule has 0 aliphatic heterocycles. The SMILES string of the molecule is O=C(OCc1nc(-c2ccc(Cl)cc2)no1)c1ccc(Cl)cc1[N+](=O)[O-]. The van der Waals surface area contributed by atoms with Crippen LogP contribution in [0.5, 0.6) is 0 Å². The van der Waals surface area contributed by atoms with Gasteiger partial charge in [0.1, 0.15) is 5.56 Å². The summed E-state index contributed by atoms with van der Waals surface area (Å²) in [6.45, 7) is -0.334. The smallest absolute Gasteiger partial charge is 0.345 e. The summed E-state index contributed by atoms with van der Waals surface area (Å²) in [5.41, 5.74) is -0.00390. The minimum Gasteiger partial charge on any atom is -0.452 e. The lowest BCUT2D eigenvalue weighted by Gasteiger charge is -2.03. The van der Waals surface area contributed by atoms with Crippen LogP contribution < -0.4 is 0 Å². The quantitative estimate of drug-likeness (QED) is 0.360. The van der Waals surface area contributed by atoms with Gasteiger partial charge in [-0.1, -0.05) is 28.4 Å². The summed E-state index contributed by atoms with van der Waals surface area (Å²) in [5.74, 6) is -0.565. The topological polar surface area (TPSA) is 108 Å². The van der Waals surface area contributed by atoms with E-state index < -0.39 is 16.6 Å². The van der Waals surface area contributed by atoms with Gasteiger partial charge in [0, 0.05) is 21.7 Å². The molecule has 2 aromatic carbocycles. The minimum absolute atomic E-state index is 0.0416. The van der Waals surface area contributed by atoms with Gasteiger partial charge in [-0.3, -0.25) is 10.1 Å². The van der Waals surface area contributed by atoms with Gasteiger partial charge in [-0.15, -0.1) is 0 Å². The third kappa shape index (κ3) is 3.98. The molecule has 1 heterocycles. The molecule has 0 atom stereocenters. The van der Waals surface area contributed by atoms with Crippen molar-refractivity contribution in [2.24, 2.45) is 0 Å². The van der Waals surface area contributed by atoms with E-state index in [0.29, 0.717) is 16.4 Å². The maximum atomic E-state index is 12.1. The van der Waals surface area contributed by atoms with E-state index >= 15 is 0 Å². The van der Waals surface area contributed by atoms with E-state index in [1.165, 1.54) is 12.1 Å². The molecule has 0 N–H and O–H groups in total. The number of carbonyl (C=O) groups is 1. The molecule has 10 heteroatoms. The number of hydrogen-bond acceptors (Lipinski definition) is 7. The predicted molar refractivity (Wildman–Crippen MR) is 92.0 cm³/mol. The molecule has 0 bridgehead atoms. The van der Waals surface area contributed by atoms with E-state index in [4.69, 9.17) is 32.5 Å². The third-order valence-corrected chi connectivity index (χ3v) is 3.76. The highest BCUT2D eigenvalue weighted by molar-refractivity contribution is 6.31. The first-order chi connectivity index (χ1) is 12.4. The highest BCUT2D eigenvalue weighted by atomic mass is 35.5. The largest absolute Gasteiger partial charge is 0.452 e. The molecule has 8 nitrogen and oxygen atoms in total. The highest BCUT2D eigenvalue weighted by Gasteiger charge is 2.22. The average molecular weight is 394 g/mol. The molecule has 0 saturated carbocycles. The molecule has 0 fully saturated rings. The van der Waals surface area contributed by atoms with Crippen molar-refractivity contribution in [3.63, 3.8) is 0 Å². The summed E-state index contributed by atoms with van der Waals surface area (Å²) in [7, 11) is 0. The second-order valence-electron chi connectivity index (χ2n) is 5.01. The number of carbonyl (C=O) groups excluding carboxylic acids is 1. The van der Waals surface area contributed by atoms with Crippen LogP contribution in [0.4, 0.5) is 5.69 Å². The third-order valence-electron chi connectivity index (χ3n) is 3.27. The molecule has 132 valence electrons. The zero-order chi connectivity index (χ0) is 18.7. The number of nitrogens with zero attached hydrogens (tertiary/aromatic N) is 3. The highest BCUT2D eigenvalue weighted by Crippen LogP contribution is 2.24. The molecule has 3 aromatic rings. The maximum absolute atomic E-state index is 12.1. The van der Waals surface area contributed by atoms with Crippen molar-refractivity contribution in [1.29, 1.82) is 0 Å². The Bertz CT molecular complexity index is 972. The lowest BCUT2D eigenvalue weighted by molar-refractivity contribution is -0.385. The Balaban J connectivity index is 1.71. The van der Waals surface area contributed by atoms with E-state index in [1.807, 2.05) is 0 Å². The zero-order valence-corrected chi connectivity index (χ0v) is 14.4. The van der Waals surface area contributed by atoms with Gasteiger partial charge in [0.25, 0.3) is 11.6 Å². The van der Waals surface area contributed by atoms with E-state index in [2.05, 4.69) is 10.1 Å². The Labute approximate surface area is 156 Å². The van der Waals surface area contributed by atoms with Gasteiger partial charge in [0.2, 0.25) is 5.82 Å². The van der Waals surface area contributed by atoms with Crippen LogP contribution in [0.3, 0.4) is 0 Å². The summed E-state index contributed by atoms with van der Waals surface area (Å²) in [6, 6.07) is 10.4. The van der Waals surface area contributed by atoms with Gasteiger partial charge >= 0.3 is 5.97 Å². The standard InChI is InChI=1S/C16H9Cl2N3O5/c17-10-3-1-9(2-4-10)15-19-14(26-20-15)8-25-16(22)12-6-5-11(18)7-13(12)21(23)24/h1-7H,8H2. The fourth-order valence-corrected chi connectivity index (χ4v) is 2.36. The van der Waals surface area contributed by atoms with Gasteiger partial charge in [0.15, 0.2) is 6.61 Å². The van der Waals surface area contributed by atoms with Gasteiger partial charge in [0.05, 0.1) is 4.92 Å². The maximum Gasteiger partial charge on any atom is 0.345 e. The fraction of sp³-hybridized carbons (Fsp3) is 0.0625.